The van der Waals surface area contributed by atoms with E-state index in [-0.39, 0.29) is 18.3 Å². The molecule has 0 aliphatic carbocycles. The van der Waals surface area contributed by atoms with Crippen LogP contribution in [0.25, 0.3) is 0 Å². The van der Waals surface area contributed by atoms with Crippen molar-refractivity contribution in [3.63, 3.8) is 0 Å². The summed E-state index contributed by atoms with van der Waals surface area (Å²) in [6.45, 7) is 1.81. The molecule has 0 unspecified atom stereocenters. The van der Waals surface area contributed by atoms with Gasteiger partial charge in [0.15, 0.2) is 6.61 Å². The Kier molecular flexibility index (Phi) is 4.74. The minimum atomic E-state index is -0.367. The van der Waals surface area contributed by atoms with E-state index in [1.807, 2.05) is 25.1 Å². The van der Waals surface area contributed by atoms with Gasteiger partial charge in [0.25, 0.3) is 5.91 Å². The maximum absolute atomic E-state index is 12.9. The fourth-order valence-corrected chi connectivity index (χ4v) is 2.12. The molecule has 0 aliphatic rings. The smallest absolute Gasteiger partial charge is 0.262 e. The summed E-state index contributed by atoms with van der Waals surface area (Å²) in [6, 6.07) is 11.5. The molecule has 0 saturated carbocycles. The monoisotopic (exact) mass is 337 g/mol. The van der Waals surface area contributed by atoms with Crippen LogP contribution in [0.1, 0.15) is 5.56 Å². The fraction of sp³-hybridized carbons (Fsp3) is 0.133. The van der Waals surface area contributed by atoms with Crippen LogP contribution in [-0.4, -0.2) is 12.5 Å². The van der Waals surface area contributed by atoms with E-state index in [9.17, 15) is 9.18 Å². The number of carbonyl (C=O) groups excluding carboxylic acids is 1. The van der Waals surface area contributed by atoms with E-state index >= 15 is 0 Å². The summed E-state index contributed by atoms with van der Waals surface area (Å²) in [4.78, 5) is 11.7. The Labute approximate surface area is 124 Å². The largest absolute Gasteiger partial charge is 0.483 e. The van der Waals surface area contributed by atoms with E-state index in [4.69, 9.17) is 4.74 Å². The van der Waals surface area contributed by atoms with Crippen LogP contribution >= 0.6 is 15.9 Å². The van der Waals surface area contributed by atoms with Gasteiger partial charge in [0.05, 0.1) is 4.47 Å². The molecule has 0 aliphatic heterocycles. The number of ether oxygens (including phenoxy) is 1. The summed E-state index contributed by atoms with van der Waals surface area (Å²) in [6.07, 6.45) is 0. The van der Waals surface area contributed by atoms with Crippen molar-refractivity contribution in [2.45, 2.75) is 6.92 Å². The molecule has 104 valence electrons. The van der Waals surface area contributed by atoms with Crippen LogP contribution in [0.15, 0.2) is 46.9 Å². The average Bonchev–Trinajstić information content (AvgIpc) is 2.37. The third-order valence-electron chi connectivity index (χ3n) is 2.55. The minimum Gasteiger partial charge on any atom is -0.483 e. The molecule has 1 amide bonds. The zero-order chi connectivity index (χ0) is 14.5. The number of amides is 1. The summed E-state index contributed by atoms with van der Waals surface area (Å²) >= 11 is 3.18. The molecule has 2 aromatic carbocycles. The van der Waals surface area contributed by atoms with Gasteiger partial charge < -0.3 is 10.1 Å². The molecule has 0 heterocycles. The third-order valence-corrected chi connectivity index (χ3v) is 3.17. The number of nitrogens with one attached hydrogen (secondary N) is 1. The standard InChI is InChI=1S/C15H13BrFNO2/c1-10-3-2-4-12(7-10)18-15(19)9-20-14-6-5-11(17)8-13(14)16/h2-8H,9H2,1H3,(H,18,19). The van der Waals surface area contributed by atoms with Crippen molar-refractivity contribution in [2.24, 2.45) is 0 Å². The number of rotatable bonds is 4. The van der Waals surface area contributed by atoms with Crippen molar-refractivity contribution < 1.29 is 13.9 Å². The van der Waals surface area contributed by atoms with Gasteiger partial charge in [-0.2, -0.15) is 0 Å². The lowest BCUT2D eigenvalue weighted by molar-refractivity contribution is -0.118. The normalized spacial score (nSPS) is 10.2. The molecule has 0 spiro atoms. The number of anilines is 1. The van der Waals surface area contributed by atoms with E-state index in [1.54, 1.807) is 6.07 Å². The van der Waals surface area contributed by atoms with Crippen LogP contribution in [0.4, 0.5) is 10.1 Å². The Morgan fingerprint density at radius 1 is 1.30 bits per heavy atom. The van der Waals surface area contributed by atoms with Gasteiger partial charge in [-0.3, -0.25) is 4.79 Å². The highest BCUT2D eigenvalue weighted by atomic mass is 79.9. The molecular formula is C15H13BrFNO2. The zero-order valence-electron chi connectivity index (χ0n) is 10.8. The molecular weight excluding hydrogens is 325 g/mol. The molecule has 20 heavy (non-hydrogen) atoms. The summed E-state index contributed by atoms with van der Waals surface area (Å²) in [7, 11) is 0. The van der Waals surface area contributed by atoms with Crippen LogP contribution < -0.4 is 10.1 Å². The first-order valence-corrected chi connectivity index (χ1v) is 6.78. The first-order valence-electron chi connectivity index (χ1n) is 5.99. The first kappa shape index (κ1) is 14.5. The van der Waals surface area contributed by atoms with Crippen LogP contribution in [0.5, 0.6) is 5.75 Å². The predicted molar refractivity (Wildman–Crippen MR) is 79.4 cm³/mol. The summed E-state index contributed by atoms with van der Waals surface area (Å²) < 4.78 is 18.7. The highest BCUT2D eigenvalue weighted by Crippen LogP contribution is 2.25. The van der Waals surface area contributed by atoms with Gasteiger partial charge in [-0.1, -0.05) is 12.1 Å². The Morgan fingerprint density at radius 2 is 2.10 bits per heavy atom. The van der Waals surface area contributed by atoms with E-state index in [1.165, 1.54) is 18.2 Å². The van der Waals surface area contributed by atoms with Gasteiger partial charge in [0.1, 0.15) is 11.6 Å². The number of hydrogen-bond donors (Lipinski definition) is 1. The number of aryl methyl sites for hydroxylation is 1. The molecule has 0 aromatic heterocycles. The van der Waals surface area contributed by atoms with E-state index in [0.717, 1.165) is 11.3 Å². The number of halogens is 2. The van der Waals surface area contributed by atoms with Gasteiger partial charge >= 0.3 is 0 Å². The predicted octanol–water partition coefficient (Wildman–Crippen LogP) is 3.91. The second-order valence-electron chi connectivity index (χ2n) is 4.28. The number of carbonyl (C=O) groups is 1. The van der Waals surface area contributed by atoms with Gasteiger partial charge in [-0.15, -0.1) is 0 Å². The maximum atomic E-state index is 12.9. The molecule has 0 atom stereocenters. The average molecular weight is 338 g/mol. The van der Waals surface area contributed by atoms with Gasteiger partial charge in [0.2, 0.25) is 0 Å². The first-order chi connectivity index (χ1) is 9.54. The van der Waals surface area contributed by atoms with Crippen molar-refractivity contribution in [3.8, 4) is 5.75 Å². The lowest BCUT2D eigenvalue weighted by atomic mass is 10.2. The zero-order valence-corrected chi connectivity index (χ0v) is 12.4. The molecule has 1 N–H and O–H groups in total. The van der Waals surface area contributed by atoms with Crippen molar-refractivity contribution in [3.05, 3.63) is 58.3 Å². The third kappa shape index (κ3) is 4.06. The van der Waals surface area contributed by atoms with E-state index in [0.29, 0.717) is 10.2 Å². The highest BCUT2D eigenvalue weighted by Gasteiger charge is 2.07. The summed E-state index contributed by atoms with van der Waals surface area (Å²) in [5.41, 5.74) is 1.78. The van der Waals surface area contributed by atoms with Crippen LogP contribution in [0, 0.1) is 12.7 Å². The lowest BCUT2D eigenvalue weighted by Crippen LogP contribution is -2.20. The van der Waals surface area contributed by atoms with Crippen molar-refractivity contribution in [1.82, 2.24) is 0 Å². The Balaban J connectivity index is 1.92. The van der Waals surface area contributed by atoms with E-state index < -0.39 is 0 Å². The summed E-state index contributed by atoms with van der Waals surface area (Å²) in [5, 5.41) is 2.73. The molecule has 0 saturated heterocycles. The topological polar surface area (TPSA) is 38.3 Å². The van der Waals surface area contributed by atoms with Gasteiger partial charge in [-0.25, -0.2) is 4.39 Å². The lowest BCUT2D eigenvalue weighted by Gasteiger charge is -2.09. The van der Waals surface area contributed by atoms with Crippen LogP contribution in [0.3, 0.4) is 0 Å². The Hall–Kier alpha value is -1.88. The van der Waals surface area contributed by atoms with Gasteiger partial charge in [-0.05, 0) is 58.7 Å². The number of benzene rings is 2. The molecule has 2 aromatic rings. The van der Waals surface area contributed by atoms with E-state index in [2.05, 4.69) is 21.2 Å². The second-order valence-corrected chi connectivity index (χ2v) is 5.14. The molecule has 5 heteroatoms. The van der Waals surface area contributed by atoms with Crippen LogP contribution in [-0.2, 0) is 4.79 Å². The van der Waals surface area contributed by atoms with Crippen molar-refractivity contribution in [1.29, 1.82) is 0 Å². The molecule has 0 radical (unpaired) electrons. The van der Waals surface area contributed by atoms with Gasteiger partial charge in [0, 0.05) is 5.69 Å². The fourth-order valence-electron chi connectivity index (χ4n) is 1.66. The quantitative estimate of drug-likeness (QED) is 0.918. The van der Waals surface area contributed by atoms with Crippen molar-refractivity contribution in [2.75, 3.05) is 11.9 Å². The minimum absolute atomic E-state index is 0.141. The van der Waals surface area contributed by atoms with Crippen LogP contribution in [0.2, 0.25) is 0 Å². The van der Waals surface area contributed by atoms with Crippen molar-refractivity contribution >= 4 is 27.5 Å². The number of hydrogen-bond acceptors (Lipinski definition) is 2. The molecule has 0 fully saturated rings. The maximum Gasteiger partial charge on any atom is 0.262 e. The summed E-state index contributed by atoms with van der Waals surface area (Å²) in [5.74, 6) is -0.217. The molecule has 3 nitrogen and oxygen atoms in total. The highest BCUT2D eigenvalue weighted by molar-refractivity contribution is 9.10. The second kappa shape index (κ2) is 6.52. The SMILES string of the molecule is Cc1cccc(NC(=O)COc2ccc(F)cc2Br)c1. The Bertz CT molecular complexity index is 631. The molecule has 2 rings (SSSR count). The molecule has 0 bridgehead atoms. The Morgan fingerprint density at radius 3 is 2.80 bits per heavy atom.